The predicted molar refractivity (Wildman–Crippen MR) is 152 cm³/mol. The second kappa shape index (κ2) is 8.61. The van der Waals surface area contributed by atoms with E-state index in [9.17, 15) is 4.79 Å². The van der Waals surface area contributed by atoms with Crippen molar-refractivity contribution in [2.75, 3.05) is 11.5 Å². The summed E-state index contributed by atoms with van der Waals surface area (Å²) in [7, 11) is -2.63. The van der Waals surface area contributed by atoms with E-state index in [1.165, 1.54) is 20.7 Å². The summed E-state index contributed by atoms with van der Waals surface area (Å²) in [5.41, 5.74) is 5.01. The van der Waals surface area contributed by atoms with Crippen molar-refractivity contribution in [1.82, 2.24) is 0 Å². The molecule has 0 saturated carbocycles. The van der Waals surface area contributed by atoms with E-state index < -0.39 is 8.07 Å². The van der Waals surface area contributed by atoms with Gasteiger partial charge in [0.15, 0.2) is 8.07 Å². The van der Waals surface area contributed by atoms with Gasteiger partial charge in [0.1, 0.15) is 0 Å². The Hall–Kier alpha value is -4.41. The molecule has 0 N–H and O–H groups in total. The number of benzene rings is 5. The Morgan fingerprint density at radius 3 is 1.76 bits per heavy atom. The van der Waals surface area contributed by atoms with Crippen molar-refractivity contribution in [2.24, 2.45) is 0 Å². The van der Waals surface area contributed by atoms with Crippen LogP contribution in [0.2, 0.25) is 0 Å². The Balaban J connectivity index is 1.57. The van der Waals surface area contributed by atoms with Gasteiger partial charge in [-0.1, -0.05) is 103 Å². The summed E-state index contributed by atoms with van der Waals surface area (Å²) in [6.45, 7) is 0.447. The SMILES string of the molecule is O=C1OCCc2ccc(N3c4ccccc4[Si](c4ccccc4)(c4ccccc4)c4ccccc43)cc21. The van der Waals surface area contributed by atoms with E-state index in [0.29, 0.717) is 12.2 Å². The monoisotopic (exact) mass is 495 g/mol. The number of esters is 1. The van der Waals surface area contributed by atoms with E-state index in [1.807, 2.05) is 6.07 Å². The number of hydrogen-bond acceptors (Lipinski definition) is 3. The molecule has 5 aromatic carbocycles. The molecule has 2 heterocycles. The number of rotatable bonds is 3. The van der Waals surface area contributed by atoms with E-state index in [4.69, 9.17) is 4.74 Å². The van der Waals surface area contributed by atoms with Crippen LogP contribution < -0.4 is 25.6 Å². The fraction of sp³-hybridized carbons (Fsp3) is 0.0606. The van der Waals surface area contributed by atoms with Crippen LogP contribution in [-0.4, -0.2) is 20.7 Å². The fourth-order valence-electron chi connectivity index (χ4n) is 6.13. The molecule has 7 rings (SSSR count). The maximum absolute atomic E-state index is 12.7. The van der Waals surface area contributed by atoms with Gasteiger partial charge in [-0.15, -0.1) is 0 Å². The van der Waals surface area contributed by atoms with Gasteiger partial charge >= 0.3 is 5.97 Å². The molecule has 0 atom stereocenters. The van der Waals surface area contributed by atoms with Crippen LogP contribution in [-0.2, 0) is 11.2 Å². The molecule has 2 aliphatic heterocycles. The quantitative estimate of drug-likeness (QED) is 0.266. The zero-order valence-corrected chi connectivity index (χ0v) is 21.3. The molecule has 37 heavy (non-hydrogen) atoms. The number of carbonyl (C=O) groups is 1. The van der Waals surface area contributed by atoms with E-state index in [1.54, 1.807) is 0 Å². The lowest BCUT2D eigenvalue weighted by atomic mass is 10.0. The molecule has 3 nitrogen and oxygen atoms in total. The van der Waals surface area contributed by atoms with Gasteiger partial charge in [0.25, 0.3) is 0 Å². The third-order valence-corrected chi connectivity index (χ3v) is 12.5. The lowest BCUT2D eigenvalue weighted by Gasteiger charge is -2.45. The van der Waals surface area contributed by atoms with Crippen molar-refractivity contribution in [1.29, 1.82) is 0 Å². The minimum atomic E-state index is -2.63. The highest BCUT2D eigenvalue weighted by atomic mass is 28.3. The Bertz CT molecular complexity index is 1540. The molecule has 0 fully saturated rings. The van der Waals surface area contributed by atoms with Crippen LogP contribution in [0.25, 0.3) is 0 Å². The molecule has 0 amide bonds. The molecule has 0 radical (unpaired) electrons. The third-order valence-electron chi connectivity index (χ3n) is 7.69. The molecule has 0 aliphatic carbocycles. The minimum Gasteiger partial charge on any atom is -0.462 e. The van der Waals surface area contributed by atoms with Gasteiger partial charge in [0.2, 0.25) is 0 Å². The summed E-state index contributed by atoms with van der Waals surface area (Å²) in [5.74, 6) is -0.237. The fourth-order valence-corrected chi connectivity index (χ4v) is 11.2. The zero-order valence-electron chi connectivity index (χ0n) is 20.3. The van der Waals surface area contributed by atoms with Crippen molar-refractivity contribution in [3.05, 3.63) is 139 Å². The highest BCUT2D eigenvalue weighted by Crippen LogP contribution is 2.39. The normalized spacial score (nSPS) is 15.2. The molecule has 0 saturated heterocycles. The van der Waals surface area contributed by atoms with E-state index in [0.717, 1.165) is 29.0 Å². The molecule has 0 bridgehead atoms. The van der Waals surface area contributed by atoms with Gasteiger partial charge in [0, 0.05) is 23.5 Å². The average molecular weight is 496 g/mol. The van der Waals surface area contributed by atoms with Crippen LogP contribution in [0.4, 0.5) is 17.1 Å². The Kier molecular flexibility index (Phi) is 5.08. The van der Waals surface area contributed by atoms with Gasteiger partial charge in [0.05, 0.1) is 12.2 Å². The molecule has 4 heteroatoms. The number of ether oxygens (including phenoxy) is 1. The Labute approximate surface area is 217 Å². The van der Waals surface area contributed by atoms with Crippen LogP contribution >= 0.6 is 0 Å². The molecule has 5 aromatic rings. The van der Waals surface area contributed by atoms with Crippen molar-refractivity contribution >= 4 is 51.9 Å². The number of hydrogen-bond donors (Lipinski definition) is 0. The molecular formula is C33H25NO2Si. The van der Waals surface area contributed by atoms with Crippen molar-refractivity contribution in [3.8, 4) is 0 Å². The number of para-hydroxylation sites is 2. The molecular weight excluding hydrogens is 470 g/mol. The first-order chi connectivity index (χ1) is 18.3. The summed E-state index contributed by atoms with van der Waals surface area (Å²) in [5, 5.41) is 5.39. The Morgan fingerprint density at radius 2 is 1.16 bits per heavy atom. The topological polar surface area (TPSA) is 29.5 Å². The van der Waals surface area contributed by atoms with Crippen LogP contribution in [0.1, 0.15) is 15.9 Å². The molecule has 0 aromatic heterocycles. The van der Waals surface area contributed by atoms with Crippen molar-refractivity contribution in [2.45, 2.75) is 6.42 Å². The first kappa shape index (κ1) is 21.8. The van der Waals surface area contributed by atoms with Crippen LogP contribution in [0.3, 0.4) is 0 Å². The largest absolute Gasteiger partial charge is 0.462 e. The van der Waals surface area contributed by atoms with Crippen LogP contribution in [0.5, 0.6) is 0 Å². The zero-order chi connectivity index (χ0) is 24.8. The molecule has 178 valence electrons. The number of fused-ring (bicyclic) bond motifs is 3. The number of anilines is 3. The van der Waals surface area contributed by atoms with Gasteiger partial charge in [-0.05, 0) is 50.6 Å². The first-order valence-electron chi connectivity index (χ1n) is 12.7. The van der Waals surface area contributed by atoms with Crippen LogP contribution in [0.15, 0.2) is 127 Å². The highest BCUT2D eigenvalue weighted by molar-refractivity contribution is 7.21. The average Bonchev–Trinajstić information content (AvgIpc) is 2.97. The lowest BCUT2D eigenvalue weighted by molar-refractivity contribution is 0.0480. The standard InChI is InChI=1S/C33H25NO2Si/c35-33-28-23-25(20-19-24(28)21-22-36-33)34-29-15-7-9-17-31(29)37(26-11-3-1-4-12-26,27-13-5-2-6-14-27)32-18-10-8-16-30(32)34/h1-20,23H,21-22H2. The third kappa shape index (κ3) is 3.23. The van der Waals surface area contributed by atoms with Crippen molar-refractivity contribution in [3.63, 3.8) is 0 Å². The molecule has 2 aliphatic rings. The smallest absolute Gasteiger partial charge is 0.338 e. The van der Waals surface area contributed by atoms with Gasteiger partial charge in [-0.3, -0.25) is 0 Å². The van der Waals surface area contributed by atoms with E-state index >= 15 is 0 Å². The van der Waals surface area contributed by atoms with Gasteiger partial charge < -0.3 is 9.64 Å². The Morgan fingerprint density at radius 1 is 0.622 bits per heavy atom. The van der Waals surface area contributed by atoms with Crippen LogP contribution in [0, 0.1) is 0 Å². The minimum absolute atomic E-state index is 0.237. The maximum Gasteiger partial charge on any atom is 0.338 e. The summed E-state index contributed by atoms with van der Waals surface area (Å²) in [6, 6.07) is 45.8. The highest BCUT2D eigenvalue weighted by Gasteiger charge is 2.48. The van der Waals surface area contributed by atoms with Crippen molar-refractivity contribution < 1.29 is 9.53 Å². The lowest BCUT2D eigenvalue weighted by Crippen LogP contribution is -2.77. The number of cyclic esters (lactones) is 1. The second-order valence-electron chi connectivity index (χ2n) is 9.58. The second-order valence-corrected chi connectivity index (χ2v) is 13.3. The van der Waals surface area contributed by atoms with E-state index in [-0.39, 0.29) is 5.97 Å². The first-order valence-corrected chi connectivity index (χ1v) is 14.7. The summed E-state index contributed by atoms with van der Waals surface area (Å²) >= 11 is 0. The summed E-state index contributed by atoms with van der Waals surface area (Å²) < 4.78 is 5.38. The maximum atomic E-state index is 12.7. The number of nitrogens with zero attached hydrogens (tertiary/aromatic N) is 1. The summed E-state index contributed by atoms with van der Waals surface area (Å²) in [4.78, 5) is 15.0. The molecule has 0 unspecified atom stereocenters. The summed E-state index contributed by atoms with van der Waals surface area (Å²) in [6.07, 6.45) is 0.757. The van der Waals surface area contributed by atoms with E-state index in [2.05, 4.69) is 126 Å². The predicted octanol–water partition coefficient (Wildman–Crippen LogP) is 4.56. The molecule has 0 spiro atoms. The van der Waals surface area contributed by atoms with Gasteiger partial charge in [-0.25, -0.2) is 4.79 Å². The van der Waals surface area contributed by atoms with Gasteiger partial charge in [-0.2, -0.15) is 0 Å². The number of carbonyl (C=O) groups excluding carboxylic acids is 1.